The average Bonchev–Trinajstić information content (AvgIpc) is 3.44. The van der Waals surface area contributed by atoms with Crippen molar-refractivity contribution >= 4 is 0 Å². The van der Waals surface area contributed by atoms with Crippen molar-refractivity contribution in [2.75, 3.05) is 26.2 Å². The lowest BCUT2D eigenvalue weighted by atomic mass is 9.83. The van der Waals surface area contributed by atoms with E-state index in [1.165, 1.54) is 17.1 Å². The van der Waals surface area contributed by atoms with Gasteiger partial charge in [0.25, 0.3) is 0 Å². The summed E-state index contributed by atoms with van der Waals surface area (Å²) in [6.07, 6.45) is 12.4. The molecule has 5 rings (SSSR count). The fourth-order valence-electron chi connectivity index (χ4n) is 5.23. The zero-order chi connectivity index (χ0) is 20.0. The number of likely N-dealkylation sites (N-methyl/N-ethyl adjacent to an activating group) is 1. The van der Waals surface area contributed by atoms with Crippen molar-refractivity contribution in [1.82, 2.24) is 38.9 Å². The van der Waals surface area contributed by atoms with Crippen LogP contribution in [-0.2, 0) is 32.7 Å². The molecule has 1 spiro atoms. The highest BCUT2D eigenvalue weighted by atomic mass is 15.3. The Kier molecular flexibility index (Phi) is 4.55. The Bertz CT molecular complexity index is 988. The molecule has 1 saturated heterocycles. The van der Waals surface area contributed by atoms with Gasteiger partial charge in [0.2, 0.25) is 0 Å². The lowest BCUT2D eigenvalue weighted by molar-refractivity contribution is -0.00772. The highest BCUT2D eigenvalue weighted by Crippen LogP contribution is 2.42. The quantitative estimate of drug-likeness (QED) is 0.676. The second-order valence-corrected chi connectivity index (χ2v) is 8.43. The van der Waals surface area contributed by atoms with Crippen LogP contribution in [-0.4, -0.2) is 65.1 Å². The predicted octanol–water partition coefficient (Wildman–Crippen LogP) is 1.84. The van der Waals surface area contributed by atoms with Crippen LogP contribution in [0.4, 0.5) is 0 Å². The van der Waals surface area contributed by atoms with Gasteiger partial charge < -0.3 is 4.57 Å². The number of nitrogens with zero attached hydrogens (tertiary/aromatic N) is 8. The standard InChI is InChI=1S/C21H30N8/c1-4-28-9-10-29-19(18-12-24-26(3)16-18)13-22-20(29)21(28)5-7-27(8-6-21)15-17-11-23-25(2)14-17/h11-14,16H,4-10,15H2,1-3H3. The summed E-state index contributed by atoms with van der Waals surface area (Å²) in [4.78, 5) is 10.2. The topological polar surface area (TPSA) is 59.9 Å². The third kappa shape index (κ3) is 3.11. The van der Waals surface area contributed by atoms with Crippen LogP contribution in [0.25, 0.3) is 11.3 Å². The summed E-state index contributed by atoms with van der Waals surface area (Å²) < 4.78 is 6.20. The number of aromatic nitrogens is 6. The third-order valence-corrected chi connectivity index (χ3v) is 6.70. The monoisotopic (exact) mass is 394 g/mol. The van der Waals surface area contributed by atoms with E-state index >= 15 is 0 Å². The number of aryl methyl sites for hydroxylation is 2. The van der Waals surface area contributed by atoms with Crippen molar-refractivity contribution in [2.45, 2.75) is 38.4 Å². The molecule has 0 saturated carbocycles. The van der Waals surface area contributed by atoms with Crippen molar-refractivity contribution in [3.05, 3.63) is 42.4 Å². The summed E-state index contributed by atoms with van der Waals surface area (Å²) in [5, 5.41) is 8.68. The first-order valence-electron chi connectivity index (χ1n) is 10.6. The SMILES string of the molecule is CCN1CCn2c(-c3cnn(C)c3)cnc2C12CCN(Cc1cnn(C)c1)CC2. The number of hydrogen-bond acceptors (Lipinski definition) is 5. The van der Waals surface area contributed by atoms with Gasteiger partial charge in [-0.2, -0.15) is 10.2 Å². The normalized spacial score (nSPS) is 19.7. The maximum Gasteiger partial charge on any atom is 0.129 e. The number of rotatable bonds is 4. The molecule has 8 nitrogen and oxygen atoms in total. The van der Waals surface area contributed by atoms with Crippen LogP contribution in [0, 0.1) is 0 Å². The molecule has 3 aromatic rings. The van der Waals surface area contributed by atoms with Crippen molar-refractivity contribution < 1.29 is 0 Å². The molecule has 0 aromatic carbocycles. The molecule has 0 radical (unpaired) electrons. The van der Waals surface area contributed by atoms with E-state index < -0.39 is 0 Å². The zero-order valence-electron chi connectivity index (χ0n) is 17.6. The van der Waals surface area contributed by atoms with Gasteiger partial charge in [-0.15, -0.1) is 0 Å². The molecule has 2 aliphatic heterocycles. The second kappa shape index (κ2) is 7.11. The number of fused-ring (bicyclic) bond motifs is 2. The number of hydrogen-bond donors (Lipinski definition) is 0. The summed E-state index contributed by atoms with van der Waals surface area (Å²) in [6, 6.07) is 0. The van der Waals surface area contributed by atoms with Gasteiger partial charge in [-0.05, 0) is 19.4 Å². The summed E-state index contributed by atoms with van der Waals surface area (Å²) in [5.74, 6) is 1.24. The minimum atomic E-state index is 0.0406. The van der Waals surface area contributed by atoms with E-state index in [-0.39, 0.29) is 5.54 Å². The van der Waals surface area contributed by atoms with E-state index in [4.69, 9.17) is 4.98 Å². The first-order valence-corrected chi connectivity index (χ1v) is 10.6. The highest BCUT2D eigenvalue weighted by molar-refractivity contribution is 5.57. The molecule has 1 fully saturated rings. The minimum absolute atomic E-state index is 0.0406. The van der Waals surface area contributed by atoms with E-state index in [0.717, 1.165) is 57.7 Å². The molecule has 0 aliphatic carbocycles. The molecular formula is C21H30N8. The number of likely N-dealkylation sites (tertiary alicyclic amines) is 1. The Morgan fingerprint density at radius 3 is 2.34 bits per heavy atom. The van der Waals surface area contributed by atoms with E-state index in [1.54, 1.807) is 0 Å². The molecule has 0 bridgehead atoms. The average molecular weight is 395 g/mol. The minimum Gasteiger partial charge on any atom is -0.325 e. The second-order valence-electron chi connectivity index (χ2n) is 8.43. The Morgan fingerprint density at radius 1 is 0.931 bits per heavy atom. The van der Waals surface area contributed by atoms with Gasteiger partial charge in [-0.25, -0.2) is 4.98 Å². The van der Waals surface area contributed by atoms with Crippen LogP contribution in [0.3, 0.4) is 0 Å². The highest BCUT2D eigenvalue weighted by Gasteiger charge is 2.46. The number of imidazole rings is 1. The molecule has 0 amide bonds. The van der Waals surface area contributed by atoms with Crippen LogP contribution in [0.1, 0.15) is 31.2 Å². The zero-order valence-corrected chi connectivity index (χ0v) is 17.6. The maximum absolute atomic E-state index is 4.98. The molecule has 0 N–H and O–H groups in total. The van der Waals surface area contributed by atoms with Gasteiger partial charge in [0.1, 0.15) is 5.82 Å². The van der Waals surface area contributed by atoms with Crippen molar-refractivity contribution in [2.24, 2.45) is 14.1 Å². The van der Waals surface area contributed by atoms with Crippen LogP contribution in [0.15, 0.2) is 31.0 Å². The Labute approximate surface area is 171 Å². The third-order valence-electron chi connectivity index (χ3n) is 6.70. The molecule has 0 unspecified atom stereocenters. The van der Waals surface area contributed by atoms with Crippen molar-refractivity contribution in [1.29, 1.82) is 0 Å². The Morgan fingerprint density at radius 2 is 1.69 bits per heavy atom. The van der Waals surface area contributed by atoms with E-state index in [1.807, 2.05) is 35.9 Å². The molecule has 3 aromatic heterocycles. The summed E-state index contributed by atoms with van der Waals surface area (Å²) in [6.45, 7) is 8.57. The summed E-state index contributed by atoms with van der Waals surface area (Å²) >= 11 is 0. The molecule has 0 atom stereocenters. The van der Waals surface area contributed by atoms with Crippen LogP contribution < -0.4 is 0 Å². The molecular weight excluding hydrogens is 364 g/mol. The number of piperidine rings is 1. The van der Waals surface area contributed by atoms with Crippen molar-refractivity contribution in [3.8, 4) is 11.3 Å². The fraction of sp³-hybridized carbons (Fsp3) is 0.571. The van der Waals surface area contributed by atoms with Crippen LogP contribution >= 0.6 is 0 Å². The molecule has 2 aliphatic rings. The van der Waals surface area contributed by atoms with Gasteiger partial charge in [-0.3, -0.25) is 19.2 Å². The van der Waals surface area contributed by atoms with Crippen LogP contribution in [0.5, 0.6) is 0 Å². The fourth-order valence-corrected chi connectivity index (χ4v) is 5.23. The molecule has 8 heteroatoms. The van der Waals surface area contributed by atoms with Gasteiger partial charge in [0.15, 0.2) is 0 Å². The lowest BCUT2D eigenvalue weighted by Gasteiger charge is -2.50. The predicted molar refractivity (Wildman–Crippen MR) is 111 cm³/mol. The molecule has 154 valence electrons. The van der Waals surface area contributed by atoms with Gasteiger partial charge in [0, 0.05) is 70.3 Å². The van der Waals surface area contributed by atoms with E-state index in [9.17, 15) is 0 Å². The molecule has 5 heterocycles. The summed E-state index contributed by atoms with van der Waals surface area (Å²) in [7, 11) is 3.95. The van der Waals surface area contributed by atoms with Crippen LogP contribution in [0.2, 0.25) is 0 Å². The van der Waals surface area contributed by atoms with Gasteiger partial charge in [0.05, 0.1) is 29.8 Å². The van der Waals surface area contributed by atoms with E-state index in [2.05, 4.69) is 50.1 Å². The lowest BCUT2D eigenvalue weighted by Crippen LogP contribution is -2.57. The maximum atomic E-state index is 4.98. The molecule has 29 heavy (non-hydrogen) atoms. The largest absolute Gasteiger partial charge is 0.325 e. The van der Waals surface area contributed by atoms with Gasteiger partial charge in [-0.1, -0.05) is 6.92 Å². The first-order chi connectivity index (χ1) is 14.1. The van der Waals surface area contributed by atoms with Gasteiger partial charge >= 0.3 is 0 Å². The van der Waals surface area contributed by atoms with Crippen molar-refractivity contribution in [3.63, 3.8) is 0 Å². The summed E-state index contributed by atoms with van der Waals surface area (Å²) in [5.41, 5.74) is 3.68. The first kappa shape index (κ1) is 18.6. The Hall–Kier alpha value is -2.45. The Balaban J connectivity index is 1.41. The smallest absolute Gasteiger partial charge is 0.129 e. The van der Waals surface area contributed by atoms with E-state index in [0.29, 0.717) is 0 Å².